The highest BCUT2D eigenvalue weighted by Gasteiger charge is 2.19. The van der Waals surface area contributed by atoms with E-state index in [1.807, 2.05) is 0 Å². The van der Waals surface area contributed by atoms with Gasteiger partial charge in [0.25, 0.3) is 0 Å². The zero-order valence-electron chi connectivity index (χ0n) is 18.3. The molecule has 0 spiro atoms. The highest BCUT2D eigenvalue weighted by Crippen LogP contribution is 2.13. The highest BCUT2D eigenvalue weighted by atomic mass is 16.4. The van der Waals surface area contributed by atoms with E-state index in [1.165, 1.54) is 34.1 Å². The number of aromatic hydroxyl groups is 1. The van der Waals surface area contributed by atoms with Crippen LogP contribution in [-0.2, 0) is 24.0 Å². The molecule has 0 fully saturated rings. The van der Waals surface area contributed by atoms with Gasteiger partial charge in [0.2, 0.25) is 5.91 Å². The number of carboxylic acids is 4. The molecule has 1 amide bonds. The smallest absolute Gasteiger partial charge is 0.317 e. The predicted molar refractivity (Wildman–Crippen MR) is 117 cm³/mol. The third-order valence-corrected chi connectivity index (χ3v) is 4.42. The first kappa shape index (κ1) is 28.3. The number of phenols is 1. The second-order valence-corrected chi connectivity index (χ2v) is 7.37. The SMILES string of the molecule is O=C(O)CN(CCN(CC(=O)O)CC(=O)O)CCN(CC(=O)O)CC(=O)Nc1ccc(O)cc1. The van der Waals surface area contributed by atoms with E-state index in [0.29, 0.717) is 5.69 Å². The van der Waals surface area contributed by atoms with E-state index >= 15 is 0 Å². The number of carboxylic acid groups (broad SMARTS) is 4. The Morgan fingerprint density at radius 1 is 0.588 bits per heavy atom. The number of phenolic OH excluding ortho intramolecular Hbond substituents is 1. The van der Waals surface area contributed by atoms with Gasteiger partial charge in [0.1, 0.15) is 5.75 Å². The second kappa shape index (κ2) is 14.4. The minimum atomic E-state index is -1.24. The minimum Gasteiger partial charge on any atom is -0.508 e. The van der Waals surface area contributed by atoms with Gasteiger partial charge in [-0.3, -0.25) is 38.7 Å². The number of hydrogen-bond acceptors (Lipinski definition) is 9. The van der Waals surface area contributed by atoms with Crippen molar-refractivity contribution >= 4 is 35.5 Å². The van der Waals surface area contributed by atoms with Crippen LogP contribution >= 0.6 is 0 Å². The van der Waals surface area contributed by atoms with Crippen LogP contribution in [0.25, 0.3) is 0 Å². The van der Waals surface area contributed by atoms with Crippen molar-refractivity contribution < 1.29 is 49.5 Å². The lowest BCUT2D eigenvalue weighted by molar-refractivity contribution is -0.143. The summed E-state index contributed by atoms with van der Waals surface area (Å²) < 4.78 is 0. The molecule has 0 aliphatic rings. The Hall–Kier alpha value is -3.75. The molecule has 0 radical (unpaired) electrons. The van der Waals surface area contributed by atoms with Gasteiger partial charge < -0.3 is 30.8 Å². The highest BCUT2D eigenvalue weighted by molar-refractivity contribution is 5.92. The summed E-state index contributed by atoms with van der Waals surface area (Å²) in [6, 6.07) is 5.66. The van der Waals surface area contributed by atoms with Gasteiger partial charge in [-0.1, -0.05) is 0 Å². The molecular formula is C20H28N4O10. The van der Waals surface area contributed by atoms with Crippen LogP contribution in [-0.4, -0.2) is 129 Å². The lowest BCUT2D eigenvalue weighted by Crippen LogP contribution is -2.46. The van der Waals surface area contributed by atoms with Gasteiger partial charge in [-0.15, -0.1) is 0 Å². The van der Waals surface area contributed by atoms with Crippen molar-refractivity contribution in [3.05, 3.63) is 24.3 Å². The molecule has 34 heavy (non-hydrogen) atoms. The molecule has 0 unspecified atom stereocenters. The zero-order chi connectivity index (χ0) is 25.7. The fraction of sp³-hybridized carbons (Fsp3) is 0.450. The quantitative estimate of drug-likeness (QED) is 0.140. The predicted octanol–water partition coefficient (Wildman–Crippen LogP) is -1.42. The summed E-state index contributed by atoms with van der Waals surface area (Å²) in [6.07, 6.45) is 0. The number of benzene rings is 1. The molecule has 0 heterocycles. The Kier molecular flexibility index (Phi) is 12.0. The van der Waals surface area contributed by atoms with Gasteiger partial charge >= 0.3 is 23.9 Å². The van der Waals surface area contributed by atoms with Gasteiger partial charge in [0, 0.05) is 31.9 Å². The summed E-state index contributed by atoms with van der Waals surface area (Å²) in [4.78, 5) is 60.4. The molecule has 1 rings (SSSR count). The Bertz CT molecular complexity index is 845. The number of amides is 1. The molecule has 188 valence electrons. The molecule has 1 aromatic rings. The van der Waals surface area contributed by atoms with Crippen molar-refractivity contribution in [1.82, 2.24) is 14.7 Å². The van der Waals surface area contributed by atoms with Gasteiger partial charge in [0.05, 0.1) is 32.7 Å². The van der Waals surface area contributed by atoms with Crippen LogP contribution in [0.2, 0.25) is 0 Å². The molecular weight excluding hydrogens is 456 g/mol. The van der Waals surface area contributed by atoms with Crippen LogP contribution in [0.3, 0.4) is 0 Å². The van der Waals surface area contributed by atoms with Crippen LogP contribution < -0.4 is 5.32 Å². The number of nitrogens with zero attached hydrogens (tertiary/aromatic N) is 3. The number of aliphatic carboxylic acids is 4. The molecule has 0 aliphatic carbocycles. The maximum atomic E-state index is 12.3. The average molecular weight is 484 g/mol. The normalized spacial score (nSPS) is 11.0. The third kappa shape index (κ3) is 12.9. The maximum absolute atomic E-state index is 12.3. The van der Waals surface area contributed by atoms with E-state index in [-0.39, 0.29) is 38.5 Å². The van der Waals surface area contributed by atoms with Crippen molar-refractivity contribution in [2.24, 2.45) is 0 Å². The first-order valence-corrected chi connectivity index (χ1v) is 10.1. The summed E-state index contributed by atoms with van der Waals surface area (Å²) >= 11 is 0. The van der Waals surface area contributed by atoms with Crippen molar-refractivity contribution in [2.75, 3.05) is 64.2 Å². The summed E-state index contributed by atoms with van der Waals surface area (Å²) in [7, 11) is 0. The summed E-state index contributed by atoms with van der Waals surface area (Å²) in [6.45, 7) is -2.35. The number of anilines is 1. The molecule has 0 saturated heterocycles. The second-order valence-electron chi connectivity index (χ2n) is 7.37. The fourth-order valence-electron chi connectivity index (χ4n) is 2.98. The molecule has 0 atom stereocenters. The standard InChI is InChI=1S/C20H28N4O10/c25-15-3-1-14(2-4-15)21-16(26)9-23(11-18(29)30)7-5-22(10-17(27)28)6-8-24(12-19(31)32)13-20(33)34/h1-4,25H,5-13H2,(H,21,26)(H,27,28)(H,29,30)(H,31,32)(H,33,34). The van der Waals surface area contributed by atoms with Gasteiger partial charge in [0.15, 0.2) is 0 Å². The molecule has 1 aromatic carbocycles. The Morgan fingerprint density at radius 2 is 0.941 bits per heavy atom. The molecule has 0 bridgehead atoms. The average Bonchev–Trinajstić information content (AvgIpc) is 2.69. The number of carbonyl (C=O) groups excluding carboxylic acids is 1. The van der Waals surface area contributed by atoms with E-state index in [0.717, 1.165) is 4.90 Å². The summed E-state index contributed by atoms with van der Waals surface area (Å²) in [5.74, 6) is -5.37. The summed E-state index contributed by atoms with van der Waals surface area (Å²) in [5.41, 5.74) is 0.391. The van der Waals surface area contributed by atoms with Crippen LogP contribution in [0.15, 0.2) is 24.3 Å². The third-order valence-electron chi connectivity index (χ3n) is 4.42. The Balaban J connectivity index is 2.74. The Labute approximate surface area is 194 Å². The molecule has 14 nitrogen and oxygen atoms in total. The molecule has 14 heteroatoms. The van der Waals surface area contributed by atoms with Crippen molar-refractivity contribution in [2.45, 2.75) is 0 Å². The van der Waals surface area contributed by atoms with E-state index in [4.69, 9.17) is 20.4 Å². The van der Waals surface area contributed by atoms with Gasteiger partial charge in [-0.2, -0.15) is 0 Å². The van der Waals surface area contributed by atoms with Crippen LogP contribution in [0.1, 0.15) is 0 Å². The van der Waals surface area contributed by atoms with Gasteiger partial charge in [-0.25, -0.2) is 0 Å². The van der Waals surface area contributed by atoms with Crippen LogP contribution in [0.5, 0.6) is 5.75 Å². The van der Waals surface area contributed by atoms with Crippen molar-refractivity contribution in [3.8, 4) is 5.75 Å². The fourth-order valence-corrected chi connectivity index (χ4v) is 2.98. The number of hydrogen-bond donors (Lipinski definition) is 6. The molecule has 6 N–H and O–H groups in total. The monoisotopic (exact) mass is 484 g/mol. The first-order valence-electron chi connectivity index (χ1n) is 10.1. The first-order chi connectivity index (χ1) is 15.9. The maximum Gasteiger partial charge on any atom is 0.317 e. The van der Waals surface area contributed by atoms with Crippen molar-refractivity contribution in [1.29, 1.82) is 0 Å². The number of rotatable bonds is 17. The van der Waals surface area contributed by atoms with Crippen LogP contribution in [0.4, 0.5) is 5.69 Å². The zero-order valence-corrected chi connectivity index (χ0v) is 18.3. The lowest BCUT2D eigenvalue weighted by atomic mass is 10.3. The number of carbonyl (C=O) groups is 5. The molecule has 0 aliphatic heterocycles. The minimum absolute atomic E-state index is 0.000435. The lowest BCUT2D eigenvalue weighted by Gasteiger charge is -2.27. The van der Waals surface area contributed by atoms with E-state index in [2.05, 4.69) is 5.32 Å². The van der Waals surface area contributed by atoms with Crippen molar-refractivity contribution in [3.63, 3.8) is 0 Å². The Morgan fingerprint density at radius 3 is 1.35 bits per heavy atom. The molecule has 0 aromatic heterocycles. The largest absolute Gasteiger partial charge is 0.508 e. The van der Waals surface area contributed by atoms with Crippen LogP contribution in [0, 0.1) is 0 Å². The van der Waals surface area contributed by atoms with Gasteiger partial charge in [-0.05, 0) is 24.3 Å². The topological polar surface area (TPSA) is 208 Å². The van der Waals surface area contributed by atoms with E-state index < -0.39 is 56.0 Å². The van der Waals surface area contributed by atoms with E-state index in [1.54, 1.807) is 0 Å². The van der Waals surface area contributed by atoms with E-state index in [9.17, 15) is 29.1 Å². The number of nitrogens with one attached hydrogen (secondary N) is 1. The summed E-state index contributed by atoms with van der Waals surface area (Å²) in [5, 5.41) is 48.0. The molecule has 0 saturated carbocycles.